The van der Waals surface area contributed by atoms with Crippen LogP contribution in [0.25, 0.3) is 11.0 Å². The second-order valence-corrected chi connectivity index (χ2v) is 12.4. The quantitative estimate of drug-likeness (QED) is 0.203. The predicted molar refractivity (Wildman–Crippen MR) is 183 cm³/mol. The summed E-state index contributed by atoms with van der Waals surface area (Å²) < 4.78 is 12.6. The summed E-state index contributed by atoms with van der Waals surface area (Å²) in [5.41, 5.74) is 6.04. The van der Waals surface area contributed by atoms with Gasteiger partial charge in [-0.05, 0) is 91.9 Å². The number of benzene rings is 3. The van der Waals surface area contributed by atoms with Crippen molar-refractivity contribution in [2.75, 3.05) is 13.7 Å². The van der Waals surface area contributed by atoms with Crippen LogP contribution in [0.4, 0.5) is 0 Å². The Bertz CT molecular complexity index is 1740. The lowest BCUT2D eigenvalue weighted by Crippen LogP contribution is -2.30. The first-order chi connectivity index (χ1) is 21.2. The van der Waals surface area contributed by atoms with Gasteiger partial charge in [-0.15, -0.1) is 0 Å². The van der Waals surface area contributed by atoms with Crippen molar-refractivity contribution in [3.8, 4) is 5.75 Å². The maximum absolute atomic E-state index is 13.3. The normalized spacial score (nSPS) is 19.5. The van der Waals surface area contributed by atoms with Crippen LogP contribution in [0.15, 0.2) is 90.8 Å². The Balaban J connectivity index is 1.48. The van der Waals surface area contributed by atoms with E-state index in [4.69, 9.17) is 25.7 Å². The van der Waals surface area contributed by atoms with Crippen LogP contribution in [0.5, 0.6) is 5.75 Å². The van der Waals surface area contributed by atoms with Gasteiger partial charge in [0.05, 0.1) is 25.0 Å². The average Bonchev–Trinajstić information content (AvgIpc) is 3.42. The molecule has 2 unspecified atom stereocenters. The fourth-order valence-electron chi connectivity index (χ4n) is 5.40. The van der Waals surface area contributed by atoms with Crippen molar-refractivity contribution < 1.29 is 13.9 Å². The third-order valence-corrected chi connectivity index (χ3v) is 8.74. The van der Waals surface area contributed by atoms with E-state index in [1.165, 1.54) is 0 Å². The van der Waals surface area contributed by atoms with E-state index in [2.05, 4.69) is 44.4 Å². The van der Waals surface area contributed by atoms with Gasteiger partial charge in [-0.3, -0.25) is 9.79 Å². The molecule has 1 aliphatic rings. The molecule has 5 rings (SSSR count). The lowest BCUT2D eigenvalue weighted by atomic mass is 9.87. The minimum atomic E-state index is -0.406. The second-order valence-electron chi connectivity index (χ2n) is 11.0. The van der Waals surface area contributed by atoms with E-state index < -0.39 is 6.04 Å². The number of nitrogens with zero attached hydrogens (tertiary/aromatic N) is 3. The van der Waals surface area contributed by atoms with Gasteiger partial charge in [-0.25, -0.2) is 0 Å². The fraction of sp³-hybridized carbons (Fsp3) is 0.314. The summed E-state index contributed by atoms with van der Waals surface area (Å²) in [6, 6.07) is 21.4. The molecule has 9 heteroatoms. The zero-order valence-electron chi connectivity index (χ0n) is 25.4. The number of halogens is 2. The third kappa shape index (κ3) is 7.66. The van der Waals surface area contributed by atoms with Gasteiger partial charge in [-0.1, -0.05) is 52.7 Å². The molecule has 0 saturated carbocycles. The number of methoxy groups -OCH3 is 1. The van der Waals surface area contributed by atoms with Crippen LogP contribution in [-0.4, -0.2) is 36.7 Å². The first kappa shape index (κ1) is 31.7. The van der Waals surface area contributed by atoms with Gasteiger partial charge in [0.2, 0.25) is 5.91 Å². The summed E-state index contributed by atoms with van der Waals surface area (Å²) in [5, 5.41) is 13.9. The van der Waals surface area contributed by atoms with E-state index in [-0.39, 0.29) is 18.2 Å². The lowest BCUT2D eigenvalue weighted by Gasteiger charge is -2.22. The highest BCUT2D eigenvalue weighted by Gasteiger charge is 2.24. The molecule has 2 atom stereocenters. The topological polar surface area (TPSA) is 88.5 Å². The van der Waals surface area contributed by atoms with E-state index >= 15 is 0 Å². The Hall–Kier alpha value is -3.75. The van der Waals surface area contributed by atoms with Crippen molar-refractivity contribution in [1.29, 1.82) is 0 Å². The lowest BCUT2D eigenvalue weighted by molar-refractivity contribution is -0.119. The van der Waals surface area contributed by atoms with Gasteiger partial charge in [0.15, 0.2) is 0 Å². The number of fused-ring (bicyclic) bond motifs is 2. The molecule has 1 N–H and O–H groups in total. The molecule has 2 heterocycles. The van der Waals surface area contributed by atoms with Crippen LogP contribution in [-0.2, 0) is 17.6 Å². The van der Waals surface area contributed by atoms with Crippen LogP contribution in [0.3, 0.4) is 0 Å². The highest BCUT2D eigenvalue weighted by atomic mass is 79.9. The molecule has 44 heavy (non-hydrogen) atoms. The van der Waals surface area contributed by atoms with Gasteiger partial charge >= 0.3 is 0 Å². The van der Waals surface area contributed by atoms with Crippen molar-refractivity contribution in [2.24, 2.45) is 21.1 Å². The number of ether oxygens (including phenoxy) is 1. The molecule has 0 bridgehead atoms. The Morgan fingerprint density at radius 1 is 1.07 bits per heavy atom. The molecule has 228 valence electrons. The van der Waals surface area contributed by atoms with Crippen molar-refractivity contribution >= 4 is 61.5 Å². The second kappa shape index (κ2) is 14.4. The number of rotatable bonds is 8. The number of hydrogen-bond donors (Lipinski definition) is 1. The minimum absolute atomic E-state index is 0.0532. The van der Waals surface area contributed by atoms with Crippen LogP contribution in [0.2, 0.25) is 5.02 Å². The number of hydrogen-bond acceptors (Lipinski definition) is 6. The molecule has 0 spiro atoms. The van der Waals surface area contributed by atoms with Crippen LogP contribution in [0, 0.1) is 5.92 Å². The molecular formula is C35H36BrClN4O3. The molecule has 3 aromatic carbocycles. The number of nitrogens with one attached hydrogen (secondary N) is 1. The molecule has 1 amide bonds. The molecule has 0 saturated heterocycles. The Morgan fingerprint density at radius 3 is 2.61 bits per heavy atom. The van der Waals surface area contributed by atoms with E-state index in [1.807, 2.05) is 74.5 Å². The van der Waals surface area contributed by atoms with Crippen molar-refractivity contribution in [3.05, 3.63) is 98.7 Å². The van der Waals surface area contributed by atoms with E-state index in [0.717, 1.165) is 62.2 Å². The van der Waals surface area contributed by atoms with E-state index in [1.54, 1.807) is 7.11 Å². The summed E-state index contributed by atoms with van der Waals surface area (Å²) in [4.78, 5) is 18.6. The molecular weight excluding hydrogens is 640 g/mol. The van der Waals surface area contributed by atoms with Crippen molar-refractivity contribution in [1.82, 2.24) is 5.32 Å². The van der Waals surface area contributed by atoms with Crippen LogP contribution in [0.1, 0.15) is 62.1 Å². The number of carbonyl (C=O) groups excluding carboxylic acids is 1. The smallest absolute Gasteiger partial charge is 0.226 e. The van der Waals surface area contributed by atoms with Gasteiger partial charge in [0.25, 0.3) is 0 Å². The number of aliphatic imine (C=N–C) groups is 1. The molecule has 1 aliphatic heterocycles. The molecule has 0 aliphatic carbocycles. The average molecular weight is 676 g/mol. The fourth-order valence-corrected chi connectivity index (χ4v) is 5.87. The number of furan rings is 1. The largest absolute Gasteiger partial charge is 0.497 e. The highest BCUT2D eigenvalue weighted by Crippen LogP contribution is 2.35. The van der Waals surface area contributed by atoms with Crippen molar-refractivity contribution in [2.45, 2.75) is 52.5 Å². The molecule has 7 nitrogen and oxygen atoms in total. The minimum Gasteiger partial charge on any atom is -0.497 e. The third-order valence-electron chi connectivity index (χ3n) is 8.00. The summed E-state index contributed by atoms with van der Waals surface area (Å²) in [6.45, 7) is 6.47. The first-order valence-corrected chi connectivity index (χ1v) is 15.9. The van der Waals surface area contributed by atoms with E-state index in [0.29, 0.717) is 29.4 Å². The summed E-state index contributed by atoms with van der Waals surface area (Å²) >= 11 is 9.75. The molecule has 4 aromatic rings. The van der Waals surface area contributed by atoms with E-state index in [9.17, 15) is 4.79 Å². The zero-order valence-corrected chi connectivity index (χ0v) is 27.7. The van der Waals surface area contributed by atoms with Crippen molar-refractivity contribution in [3.63, 3.8) is 0 Å². The highest BCUT2D eigenvalue weighted by molar-refractivity contribution is 9.10. The SMILES string of the molecule is CCC1Cc2ccc(OC)cc2C(c2ccc(Cl)cc2)N=C(CC(=O)NCCc2cc3ccc(Br)cc3o2)/C(C)=N\N=C\1C. The molecule has 0 radical (unpaired) electrons. The summed E-state index contributed by atoms with van der Waals surface area (Å²) in [5.74, 6) is 1.61. The monoisotopic (exact) mass is 674 g/mol. The molecule has 1 aromatic heterocycles. The predicted octanol–water partition coefficient (Wildman–Crippen LogP) is 8.56. The number of amides is 1. The Kier molecular flexibility index (Phi) is 10.3. The van der Waals surface area contributed by atoms with Crippen LogP contribution >= 0.6 is 27.5 Å². The maximum Gasteiger partial charge on any atom is 0.226 e. The first-order valence-electron chi connectivity index (χ1n) is 14.8. The Morgan fingerprint density at radius 2 is 1.86 bits per heavy atom. The molecule has 0 fully saturated rings. The summed E-state index contributed by atoms with van der Waals surface area (Å²) in [6.07, 6.45) is 2.32. The zero-order chi connectivity index (χ0) is 31.2. The van der Waals surface area contributed by atoms with Gasteiger partial charge < -0.3 is 14.5 Å². The number of carbonyl (C=O) groups is 1. The van der Waals surface area contributed by atoms with Gasteiger partial charge in [0.1, 0.15) is 23.1 Å². The Labute approximate surface area is 271 Å². The van der Waals surface area contributed by atoms with Gasteiger partial charge in [0, 0.05) is 39.5 Å². The van der Waals surface area contributed by atoms with Gasteiger partial charge in [-0.2, -0.15) is 10.2 Å². The maximum atomic E-state index is 13.3. The summed E-state index contributed by atoms with van der Waals surface area (Å²) in [7, 11) is 1.66. The standard InChI is InChI=1S/C35H36BrClN4O3/c1-5-23-16-25-9-13-29(43-4)19-31(25)35(24-7-11-28(37)12-8-24)39-32(22(3)41-40-21(23)2)20-34(42)38-15-14-30-17-26-6-10-27(36)18-33(26)44-30/h6-13,17-19,23,35H,5,14-16,20H2,1-4H3,(H,38,42)/b39-32?,40-21+,41-22-. The van der Waals surface area contributed by atoms with Crippen LogP contribution < -0.4 is 10.1 Å².